The van der Waals surface area contributed by atoms with Crippen molar-refractivity contribution in [3.8, 4) is 11.3 Å². The lowest BCUT2D eigenvalue weighted by atomic mass is 10.0. The number of alkyl halides is 3. The van der Waals surface area contributed by atoms with E-state index >= 15 is 0 Å². The molecule has 0 N–H and O–H groups in total. The topological polar surface area (TPSA) is 68.3 Å². The van der Waals surface area contributed by atoms with Gasteiger partial charge in [0.05, 0.1) is 11.4 Å². The van der Waals surface area contributed by atoms with Crippen LogP contribution in [0.3, 0.4) is 0 Å². The molecule has 4 aromatic rings. The van der Waals surface area contributed by atoms with Crippen molar-refractivity contribution in [2.45, 2.75) is 53.9 Å². The minimum atomic E-state index is -4.68. The molecule has 0 fully saturated rings. The number of aromatic nitrogens is 5. The monoisotopic (exact) mass is 484 g/mol. The van der Waals surface area contributed by atoms with Crippen LogP contribution in [0.5, 0.6) is 0 Å². The second kappa shape index (κ2) is 8.83. The van der Waals surface area contributed by atoms with Crippen molar-refractivity contribution in [1.29, 1.82) is 0 Å². The molecule has 0 unspecified atom stereocenters. The molecule has 0 radical (unpaired) electrons. The molecule has 7 nitrogen and oxygen atoms in total. The third-order valence-electron chi connectivity index (χ3n) is 6.31. The van der Waals surface area contributed by atoms with E-state index < -0.39 is 17.8 Å². The molecule has 0 saturated heterocycles. The maximum Gasteiger partial charge on any atom is 0.433 e. The fourth-order valence-corrected chi connectivity index (χ4v) is 4.10. The molecule has 3 heterocycles. The number of carbonyl (C=O) groups excluding carboxylic acids is 1. The molecule has 0 atom stereocenters. The van der Waals surface area contributed by atoms with Gasteiger partial charge in [0.15, 0.2) is 17.0 Å². The first kappa shape index (κ1) is 24.4. The summed E-state index contributed by atoms with van der Waals surface area (Å²) in [5.41, 5.74) is 4.20. The largest absolute Gasteiger partial charge is 0.433 e. The molecule has 10 heteroatoms. The number of benzene rings is 1. The molecule has 1 aromatic carbocycles. The normalized spacial score (nSPS) is 11.9. The number of carbonyl (C=O) groups is 1. The number of nitrogens with zero attached hydrogens (tertiary/aromatic N) is 6. The van der Waals surface area contributed by atoms with Gasteiger partial charge in [0.2, 0.25) is 0 Å². The zero-order chi connectivity index (χ0) is 25.7. The molecule has 0 aliphatic rings. The van der Waals surface area contributed by atoms with E-state index in [4.69, 9.17) is 0 Å². The van der Waals surface area contributed by atoms with Crippen LogP contribution in [0, 0.1) is 27.7 Å². The molecule has 0 spiro atoms. The van der Waals surface area contributed by atoms with Crippen LogP contribution in [-0.2, 0) is 19.3 Å². The van der Waals surface area contributed by atoms with Gasteiger partial charge in [-0.1, -0.05) is 12.1 Å². The predicted molar refractivity (Wildman–Crippen MR) is 126 cm³/mol. The van der Waals surface area contributed by atoms with Gasteiger partial charge in [-0.05, 0) is 57.9 Å². The number of aryl methyl sites for hydroxylation is 4. The summed E-state index contributed by atoms with van der Waals surface area (Å²) in [7, 11) is 1.59. The lowest BCUT2D eigenvalue weighted by molar-refractivity contribution is -0.142. The third kappa shape index (κ3) is 4.52. The molecule has 0 bridgehead atoms. The van der Waals surface area contributed by atoms with Crippen molar-refractivity contribution in [2.75, 3.05) is 7.05 Å². The van der Waals surface area contributed by atoms with E-state index in [9.17, 15) is 18.0 Å². The van der Waals surface area contributed by atoms with Gasteiger partial charge in [-0.25, -0.2) is 9.50 Å². The quantitative estimate of drug-likeness (QED) is 0.394. The molecule has 1 amide bonds. The average Bonchev–Trinajstić information content (AvgIpc) is 3.34. The van der Waals surface area contributed by atoms with E-state index in [1.54, 1.807) is 19.2 Å². The Morgan fingerprint density at radius 1 is 1.03 bits per heavy atom. The summed E-state index contributed by atoms with van der Waals surface area (Å²) in [6, 6.07) is 7.64. The summed E-state index contributed by atoms with van der Waals surface area (Å²) < 4.78 is 44.4. The molecule has 35 heavy (non-hydrogen) atoms. The highest BCUT2D eigenvalue weighted by molar-refractivity contribution is 5.93. The number of amides is 1. The van der Waals surface area contributed by atoms with Crippen LogP contribution in [0.2, 0.25) is 0 Å². The van der Waals surface area contributed by atoms with Gasteiger partial charge >= 0.3 is 6.18 Å². The highest BCUT2D eigenvalue weighted by atomic mass is 19.4. The Balaban J connectivity index is 1.74. The van der Waals surface area contributed by atoms with E-state index in [1.807, 2.05) is 45.4 Å². The van der Waals surface area contributed by atoms with Crippen LogP contribution in [0.25, 0.3) is 16.9 Å². The van der Waals surface area contributed by atoms with Crippen LogP contribution in [0.1, 0.15) is 51.2 Å². The fraction of sp³-hybridized carbons (Fsp3) is 0.360. The zero-order valence-corrected chi connectivity index (χ0v) is 20.5. The van der Waals surface area contributed by atoms with Crippen molar-refractivity contribution >= 4 is 11.6 Å². The molecule has 0 saturated carbocycles. The summed E-state index contributed by atoms with van der Waals surface area (Å²) in [5, 5.41) is 8.46. The lowest BCUT2D eigenvalue weighted by Crippen LogP contribution is -2.27. The summed E-state index contributed by atoms with van der Waals surface area (Å²) in [6.07, 6.45) is -4.68. The third-order valence-corrected chi connectivity index (χ3v) is 6.31. The molecule has 3 aromatic heterocycles. The minimum absolute atomic E-state index is 0.0454. The van der Waals surface area contributed by atoms with Crippen LogP contribution >= 0.6 is 0 Å². The summed E-state index contributed by atoms with van der Waals surface area (Å²) >= 11 is 0. The van der Waals surface area contributed by atoms with Crippen LogP contribution < -0.4 is 0 Å². The number of fused-ring (bicyclic) bond motifs is 1. The van der Waals surface area contributed by atoms with Gasteiger partial charge in [-0.15, -0.1) is 0 Å². The number of rotatable bonds is 5. The molecule has 184 valence electrons. The molecule has 4 rings (SSSR count). The van der Waals surface area contributed by atoms with Gasteiger partial charge in [0.25, 0.3) is 5.91 Å². The smallest absolute Gasteiger partial charge is 0.336 e. The number of hydrogen-bond donors (Lipinski definition) is 0. The molecular formula is C25H27F3N6O. The molecular weight excluding hydrogens is 457 g/mol. The van der Waals surface area contributed by atoms with Gasteiger partial charge < -0.3 is 4.90 Å². The van der Waals surface area contributed by atoms with Crippen molar-refractivity contribution in [3.63, 3.8) is 0 Å². The van der Waals surface area contributed by atoms with E-state index in [2.05, 4.69) is 15.2 Å². The first-order valence-electron chi connectivity index (χ1n) is 11.2. The Hall–Kier alpha value is -3.69. The van der Waals surface area contributed by atoms with Gasteiger partial charge in [0, 0.05) is 43.0 Å². The Morgan fingerprint density at radius 2 is 1.74 bits per heavy atom. The van der Waals surface area contributed by atoms with Crippen molar-refractivity contribution < 1.29 is 18.0 Å². The minimum Gasteiger partial charge on any atom is -0.336 e. The number of halogens is 3. The Labute approximate surface area is 201 Å². The second-order valence-electron chi connectivity index (χ2n) is 8.75. The Bertz CT molecular complexity index is 1430. The molecule has 0 aliphatic heterocycles. The van der Waals surface area contributed by atoms with Crippen LogP contribution in [0.15, 0.2) is 30.3 Å². The maximum absolute atomic E-state index is 13.9. The van der Waals surface area contributed by atoms with Gasteiger partial charge in [-0.3, -0.25) is 9.48 Å². The standard InChI is InChI=1S/C25H27F3N6O/c1-7-33-17(5)19(16(4)30-33)13-32(6)24(35)21-12-23-29-20(18-9-8-14(2)15(3)10-18)11-22(25(26,27)28)34(23)31-21/h8-12H,7,13H2,1-6H3. The van der Waals surface area contributed by atoms with Gasteiger partial charge in [0.1, 0.15) is 0 Å². The van der Waals surface area contributed by atoms with Crippen LogP contribution in [0.4, 0.5) is 13.2 Å². The van der Waals surface area contributed by atoms with E-state index in [0.29, 0.717) is 16.6 Å². The lowest BCUT2D eigenvalue weighted by Gasteiger charge is -2.16. The summed E-state index contributed by atoms with van der Waals surface area (Å²) in [5.74, 6) is -0.501. The predicted octanol–water partition coefficient (Wildman–Crippen LogP) is 5.14. The van der Waals surface area contributed by atoms with Gasteiger partial charge in [-0.2, -0.15) is 23.4 Å². The highest BCUT2D eigenvalue weighted by Gasteiger charge is 2.36. The van der Waals surface area contributed by atoms with Crippen LogP contribution in [-0.4, -0.2) is 42.2 Å². The highest BCUT2D eigenvalue weighted by Crippen LogP contribution is 2.33. The van der Waals surface area contributed by atoms with Crippen molar-refractivity contribution in [1.82, 2.24) is 29.3 Å². The Kier molecular flexibility index (Phi) is 6.16. The maximum atomic E-state index is 13.9. The first-order chi connectivity index (χ1) is 16.4. The van der Waals surface area contributed by atoms with Crippen molar-refractivity contribution in [3.05, 3.63) is 69.8 Å². The molecule has 0 aliphatic carbocycles. The Morgan fingerprint density at radius 3 is 2.34 bits per heavy atom. The van der Waals surface area contributed by atoms with Crippen molar-refractivity contribution in [2.24, 2.45) is 0 Å². The van der Waals surface area contributed by atoms with E-state index in [1.165, 1.54) is 11.0 Å². The second-order valence-corrected chi connectivity index (χ2v) is 8.75. The van der Waals surface area contributed by atoms with E-state index in [-0.39, 0.29) is 23.6 Å². The SMILES string of the molecule is CCn1nc(C)c(CN(C)C(=O)c2cc3nc(-c4ccc(C)c(C)c4)cc(C(F)(F)F)n3n2)c1C. The van der Waals surface area contributed by atoms with E-state index in [0.717, 1.165) is 34.1 Å². The zero-order valence-electron chi connectivity index (χ0n) is 20.5. The summed E-state index contributed by atoms with van der Waals surface area (Å²) in [6.45, 7) is 10.6. The number of hydrogen-bond acceptors (Lipinski definition) is 4. The summed E-state index contributed by atoms with van der Waals surface area (Å²) in [4.78, 5) is 19.0. The first-order valence-corrected chi connectivity index (χ1v) is 11.2. The average molecular weight is 485 g/mol. The fourth-order valence-electron chi connectivity index (χ4n) is 4.10.